The van der Waals surface area contributed by atoms with Crippen LogP contribution in [0.3, 0.4) is 0 Å². The standard InChI is InChI=1S/C12H22N2O6/c1-3-5-20-12(18)14-10(8-19-6-4-15)11(17)13-7-9(2)16/h10,15H,3-8H2,1-2H3,(H,13,17)(H,14,18). The topological polar surface area (TPSA) is 114 Å². The molecule has 1 atom stereocenters. The Balaban J connectivity index is 4.34. The summed E-state index contributed by atoms with van der Waals surface area (Å²) in [5.41, 5.74) is 0. The number of hydrogen-bond acceptors (Lipinski definition) is 6. The van der Waals surface area contributed by atoms with Gasteiger partial charge in [0, 0.05) is 0 Å². The Bertz CT molecular complexity index is 321. The van der Waals surface area contributed by atoms with Crippen molar-refractivity contribution in [3.63, 3.8) is 0 Å². The van der Waals surface area contributed by atoms with Crippen molar-refractivity contribution in [1.29, 1.82) is 0 Å². The van der Waals surface area contributed by atoms with Gasteiger partial charge in [0.05, 0.1) is 33.0 Å². The average Bonchev–Trinajstić information content (AvgIpc) is 2.41. The quantitative estimate of drug-likeness (QED) is 0.454. The fraction of sp³-hybridized carbons (Fsp3) is 0.750. The van der Waals surface area contributed by atoms with Crippen LogP contribution in [0.5, 0.6) is 0 Å². The highest BCUT2D eigenvalue weighted by molar-refractivity contribution is 5.89. The minimum atomic E-state index is -0.981. The van der Waals surface area contributed by atoms with Crippen LogP contribution in [0, 0.1) is 0 Å². The van der Waals surface area contributed by atoms with Crippen LogP contribution in [-0.2, 0) is 19.1 Å². The van der Waals surface area contributed by atoms with Gasteiger partial charge in [0.15, 0.2) is 0 Å². The van der Waals surface area contributed by atoms with Gasteiger partial charge in [0.1, 0.15) is 11.8 Å². The first-order valence-electron chi connectivity index (χ1n) is 6.40. The van der Waals surface area contributed by atoms with Crippen molar-refractivity contribution < 1.29 is 29.0 Å². The molecule has 8 nitrogen and oxygen atoms in total. The number of nitrogens with one attached hydrogen (secondary N) is 2. The summed E-state index contributed by atoms with van der Waals surface area (Å²) >= 11 is 0. The molecule has 8 heteroatoms. The van der Waals surface area contributed by atoms with E-state index in [0.29, 0.717) is 6.42 Å². The first kappa shape index (κ1) is 18.3. The Morgan fingerprint density at radius 1 is 1.25 bits per heavy atom. The van der Waals surface area contributed by atoms with Crippen LogP contribution in [0.2, 0.25) is 0 Å². The molecule has 0 aliphatic heterocycles. The third kappa shape index (κ3) is 9.29. The van der Waals surface area contributed by atoms with E-state index in [1.807, 2.05) is 6.92 Å². The van der Waals surface area contributed by atoms with Crippen LogP contribution in [0.1, 0.15) is 20.3 Å². The van der Waals surface area contributed by atoms with Crippen molar-refractivity contribution in [3.05, 3.63) is 0 Å². The molecule has 0 aromatic heterocycles. The molecule has 0 aliphatic rings. The molecule has 0 aromatic carbocycles. The lowest BCUT2D eigenvalue weighted by Gasteiger charge is -2.17. The molecule has 0 fully saturated rings. The van der Waals surface area contributed by atoms with Crippen LogP contribution in [0.25, 0.3) is 0 Å². The highest BCUT2D eigenvalue weighted by Gasteiger charge is 2.21. The van der Waals surface area contributed by atoms with Crippen molar-refractivity contribution >= 4 is 17.8 Å². The molecule has 0 radical (unpaired) electrons. The number of rotatable bonds is 10. The smallest absolute Gasteiger partial charge is 0.407 e. The summed E-state index contributed by atoms with van der Waals surface area (Å²) in [6.07, 6.45) is -0.0715. The van der Waals surface area contributed by atoms with E-state index in [-0.39, 0.29) is 38.8 Å². The summed E-state index contributed by atoms with van der Waals surface area (Å²) < 4.78 is 9.81. The summed E-state index contributed by atoms with van der Waals surface area (Å²) in [4.78, 5) is 34.0. The number of aliphatic hydroxyl groups excluding tert-OH is 1. The van der Waals surface area contributed by atoms with E-state index >= 15 is 0 Å². The van der Waals surface area contributed by atoms with E-state index < -0.39 is 18.0 Å². The maximum Gasteiger partial charge on any atom is 0.407 e. The van der Waals surface area contributed by atoms with Gasteiger partial charge in [-0.25, -0.2) is 4.79 Å². The molecule has 20 heavy (non-hydrogen) atoms. The first-order chi connectivity index (χ1) is 9.51. The Morgan fingerprint density at radius 2 is 1.95 bits per heavy atom. The number of amides is 2. The maximum absolute atomic E-state index is 11.8. The highest BCUT2D eigenvalue weighted by Crippen LogP contribution is 1.91. The molecule has 1 unspecified atom stereocenters. The van der Waals surface area contributed by atoms with E-state index in [9.17, 15) is 14.4 Å². The van der Waals surface area contributed by atoms with Gasteiger partial charge in [-0.05, 0) is 13.3 Å². The lowest BCUT2D eigenvalue weighted by Crippen LogP contribution is -2.50. The van der Waals surface area contributed by atoms with Gasteiger partial charge in [0.25, 0.3) is 0 Å². The van der Waals surface area contributed by atoms with Gasteiger partial charge in [-0.2, -0.15) is 0 Å². The molecule has 0 bridgehead atoms. The summed E-state index contributed by atoms with van der Waals surface area (Å²) in [5.74, 6) is -0.756. The second-order valence-electron chi connectivity index (χ2n) is 4.05. The predicted octanol–water partition coefficient (Wildman–Crippen LogP) is -0.795. The molecule has 0 saturated carbocycles. The number of aliphatic hydroxyl groups is 1. The number of alkyl carbamates (subject to hydrolysis) is 1. The maximum atomic E-state index is 11.8. The van der Waals surface area contributed by atoms with Crippen LogP contribution in [0.15, 0.2) is 0 Å². The zero-order chi connectivity index (χ0) is 15.4. The lowest BCUT2D eigenvalue weighted by molar-refractivity contribution is -0.127. The van der Waals surface area contributed by atoms with E-state index in [0.717, 1.165) is 0 Å². The fourth-order valence-corrected chi connectivity index (χ4v) is 1.16. The van der Waals surface area contributed by atoms with Crippen LogP contribution >= 0.6 is 0 Å². The van der Waals surface area contributed by atoms with Crippen molar-refractivity contribution in [1.82, 2.24) is 10.6 Å². The van der Waals surface area contributed by atoms with Crippen molar-refractivity contribution in [2.45, 2.75) is 26.3 Å². The Morgan fingerprint density at radius 3 is 2.50 bits per heavy atom. The van der Waals surface area contributed by atoms with Gasteiger partial charge in [-0.3, -0.25) is 9.59 Å². The highest BCUT2D eigenvalue weighted by atomic mass is 16.5. The van der Waals surface area contributed by atoms with Gasteiger partial charge < -0.3 is 25.2 Å². The molecule has 3 N–H and O–H groups in total. The van der Waals surface area contributed by atoms with Gasteiger partial charge in [-0.15, -0.1) is 0 Å². The van der Waals surface area contributed by atoms with E-state index in [4.69, 9.17) is 14.6 Å². The van der Waals surface area contributed by atoms with Crippen molar-refractivity contribution in [2.24, 2.45) is 0 Å². The minimum Gasteiger partial charge on any atom is -0.450 e. The molecule has 2 amide bonds. The second-order valence-corrected chi connectivity index (χ2v) is 4.05. The lowest BCUT2D eigenvalue weighted by atomic mass is 10.3. The predicted molar refractivity (Wildman–Crippen MR) is 70.2 cm³/mol. The largest absolute Gasteiger partial charge is 0.450 e. The Kier molecular flexibility index (Phi) is 10.2. The van der Waals surface area contributed by atoms with E-state index in [1.165, 1.54) is 6.92 Å². The zero-order valence-corrected chi connectivity index (χ0v) is 11.8. The number of Topliss-reactive ketones (excluding diaryl/α,β-unsaturated/α-hetero) is 1. The summed E-state index contributed by atoms with van der Waals surface area (Å²) in [5, 5.41) is 13.3. The summed E-state index contributed by atoms with van der Waals surface area (Å²) in [6.45, 7) is 3.02. The van der Waals surface area contributed by atoms with Crippen molar-refractivity contribution in [2.75, 3.05) is 33.0 Å². The molecule has 0 spiro atoms. The van der Waals surface area contributed by atoms with Crippen LogP contribution < -0.4 is 10.6 Å². The molecular weight excluding hydrogens is 268 g/mol. The van der Waals surface area contributed by atoms with Gasteiger partial charge in [-0.1, -0.05) is 6.92 Å². The minimum absolute atomic E-state index is 0.0438. The Hall–Kier alpha value is -1.67. The van der Waals surface area contributed by atoms with E-state index in [1.54, 1.807) is 0 Å². The molecule has 116 valence electrons. The number of carbonyl (C=O) groups is 3. The SMILES string of the molecule is CCCOC(=O)NC(COCCO)C(=O)NCC(C)=O. The second kappa shape index (κ2) is 11.2. The number of carbonyl (C=O) groups excluding carboxylic acids is 3. The van der Waals surface area contributed by atoms with E-state index in [2.05, 4.69) is 10.6 Å². The normalized spacial score (nSPS) is 11.6. The molecule has 0 heterocycles. The Labute approximate surface area is 117 Å². The molecule has 0 aromatic rings. The average molecular weight is 290 g/mol. The fourth-order valence-electron chi connectivity index (χ4n) is 1.16. The molecule has 0 aliphatic carbocycles. The molecule has 0 saturated heterocycles. The summed E-state index contributed by atoms with van der Waals surface area (Å²) in [7, 11) is 0. The van der Waals surface area contributed by atoms with Crippen LogP contribution in [0.4, 0.5) is 4.79 Å². The number of hydrogen-bond donors (Lipinski definition) is 3. The van der Waals surface area contributed by atoms with Crippen LogP contribution in [-0.4, -0.2) is 61.9 Å². The monoisotopic (exact) mass is 290 g/mol. The third-order valence-corrected chi connectivity index (χ3v) is 2.08. The number of ketones is 1. The first-order valence-corrected chi connectivity index (χ1v) is 6.40. The zero-order valence-electron chi connectivity index (χ0n) is 11.8. The number of ether oxygens (including phenoxy) is 2. The van der Waals surface area contributed by atoms with Gasteiger partial charge in [0.2, 0.25) is 5.91 Å². The molecule has 0 rings (SSSR count). The van der Waals surface area contributed by atoms with Crippen molar-refractivity contribution in [3.8, 4) is 0 Å². The molecular formula is C12H22N2O6. The summed E-state index contributed by atoms with van der Waals surface area (Å²) in [6, 6.07) is -0.981. The third-order valence-electron chi connectivity index (χ3n) is 2.08. The van der Waals surface area contributed by atoms with Gasteiger partial charge >= 0.3 is 6.09 Å².